The summed E-state index contributed by atoms with van der Waals surface area (Å²) in [6.45, 7) is 0.0695. The lowest BCUT2D eigenvalue weighted by Gasteiger charge is -2.23. The highest BCUT2D eigenvalue weighted by molar-refractivity contribution is 7.88. The molecule has 0 radical (unpaired) electrons. The minimum absolute atomic E-state index is 0.0695. The van der Waals surface area contributed by atoms with Crippen molar-refractivity contribution in [2.24, 2.45) is 5.73 Å². The third kappa shape index (κ3) is 11.5. The predicted octanol–water partition coefficient (Wildman–Crippen LogP) is 1.42. The number of carboxylic acid groups (broad SMARTS) is 1. The van der Waals surface area contributed by atoms with Crippen molar-refractivity contribution in [2.45, 2.75) is 56.5 Å². The number of nitrogens with two attached hydrogens (primary N) is 2. The number of carbonyl (C=O) groups excluding carboxylic acids is 2. The largest absolute Gasteiger partial charge is 0.481 e. The molecule has 0 aliphatic rings. The van der Waals surface area contributed by atoms with Gasteiger partial charge in [0.2, 0.25) is 21.8 Å². The Kier molecular flexibility index (Phi) is 12.4. The van der Waals surface area contributed by atoms with E-state index in [0.717, 1.165) is 5.56 Å². The van der Waals surface area contributed by atoms with E-state index in [-0.39, 0.29) is 25.2 Å². The fraction of sp³-hybridized carbons (Fsp3) is 0.300. The molecule has 1 heterocycles. The smallest absolute Gasteiger partial charge is 0.303 e. The summed E-state index contributed by atoms with van der Waals surface area (Å²) in [4.78, 5) is 41.8. The van der Waals surface area contributed by atoms with E-state index in [1.54, 1.807) is 60.9 Å². The number of carbonyl (C=O) groups is 3. The van der Waals surface area contributed by atoms with Crippen molar-refractivity contribution < 1.29 is 27.9 Å². The summed E-state index contributed by atoms with van der Waals surface area (Å²) in [7, 11) is -4.00. The van der Waals surface area contributed by atoms with Gasteiger partial charge in [0.25, 0.3) is 0 Å². The molecule has 2 atom stereocenters. The molecule has 0 saturated carbocycles. The van der Waals surface area contributed by atoms with E-state index in [1.165, 1.54) is 0 Å². The summed E-state index contributed by atoms with van der Waals surface area (Å²) in [5.41, 5.74) is 14.3. The second-order valence-electron chi connectivity index (χ2n) is 10.2. The molecule has 1 aromatic heterocycles. The molecule has 44 heavy (non-hydrogen) atoms. The first-order chi connectivity index (χ1) is 20.9. The minimum atomic E-state index is -4.00. The Bertz CT molecular complexity index is 1530. The molecule has 0 fully saturated rings. The second-order valence-corrected chi connectivity index (χ2v) is 12.0. The quantitative estimate of drug-likeness (QED) is 0.0654. The van der Waals surface area contributed by atoms with Crippen LogP contribution in [0.25, 0.3) is 0 Å². The van der Waals surface area contributed by atoms with Gasteiger partial charge in [0.1, 0.15) is 17.9 Å². The first-order valence-corrected chi connectivity index (χ1v) is 15.5. The van der Waals surface area contributed by atoms with Crippen LogP contribution in [0.2, 0.25) is 0 Å². The van der Waals surface area contributed by atoms with Crippen LogP contribution in [-0.4, -0.2) is 54.2 Å². The number of nitrogens with zero attached hydrogens (tertiary/aromatic N) is 1. The summed E-state index contributed by atoms with van der Waals surface area (Å²) in [5, 5.41) is 22.0. The van der Waals surface area contributed by atoms with Crippen LogP contribution in [0.15, 0.2) is 73.1 Å². The van der Waals surface area contributed by atoms with E-state index in [9.17, 15) is 27.9 Å². The first-order valence-electron chi connectivity index (χ1n) is 13.9. The number of nitrogen functional groups attached to an aromatic ring is 2. The Morgan fingerprint density at radius 2 is 1.50 bits per heavy atom. The fourth-order valence-corrected chi connectivity index (χ4v) is 5.69. The Morgan fingerprint density at radius 1 is 0.864 bits per heavy atom. The van der Waals surface area contributed by atoms with Gasteiger partial charge in [-0.15, -0.1) is 0 Å². The molecule has 13 nitrogen and oxygen atoms in total. The number of hydrogen-bond donors (Lipinski definition) is 7. The number of aromatic nitrogens is 1. The number of nitrogens with one attached hydrogen (secondary N) is 4. The van der Waals surface area contributed by atoms with Crippen LogP contribution in [0.5, 0.6) is 0 Å². The normalized spacial score (nSPS) is 12.5. The molecular formula is C30H37N7O6S. The fourth-order valence-electron chi connectivity index (χ4n) is 4.32. The maximum Gasteiger partial charge on any atom is 0.303 e. The Balaban J connectivity index is 1.73. The van der Waals surface area contributed by atoms with E-state index in [2.05, 4.69) is 20.3 Å². The lowest BCUT2D eigenvalue weighted by molar-refractivity contribution is -0.138. The van der Waals surface area contributed by atoms with E-state index < -0.39 is 52.1 Å². The number of aryl methyl sites for hydroxylation is 1. The van der Waals surface area contributed by atoms with Crippen LogP contribution in [0, 0.1) is 5.41 Å². The molecule has 2 aromatic carbocycles. The standard InChI is InChI=1S/C30H37N7O6S/c31-24-10-6-22(7-11-24)19-44(42,43)37-26(3-1-2-20-14-16-34-17-15-20)30(41)36-25(12-13-27(38)39)29(40)35-18-21-4-8-23(9-5-21)28(32)33/h4-11,14-17,25-26,37H,1-3,12-13,18-19,31H2,(H3,32,33)(H,35,40)(H,36,41)(H,38,39)/t25-,26+/m0/s1. The van der Waals surface area contributed by atoms with Gasteiger partial charge in [-0.3, -0.25) is 24.8 Å². The number of carboxylic acids is 1. The topological polar surface area (TPSA) is 230 Å². The number of amidine groups is 1. The minimum Gasteiger partial charge on any atom is -0.481 e. The van der Waals surface area contributed by atoms with Crippen molar-refractivity contribution in [1.29, 1.82) is 5.41 Å². The SMILES string of the molecule is N=C(N)c1ccc(CNC(=O)[C@H](CCC(=O)O)NC(=O)[C@@H](CCCc2ccncc2)NS(=O)(=O)Cc2ccc(N)cc2)cc1. The van der Waals surface area contributed by atoms with Crippen LogP contribution in [-0.2, 0) is 43.1 Å². The zero-order valence-corrected chi connectivity index (χ0v) is 24.8. The van der Waals surface area contributed by atoms with Crippen molar-refractivity contribution in [1.82, 2.24) is 20.3 Å². The number of anilines is 1. The molecule has 234 valence electrons. The van der Waals surface area contributed by atoms with E-state index >= 15 is 0 Å². The average molecular weight is 624 g/mol. The summed E-state index contributed by atoms with van der Waals surface area (Å²) < 4.78 is 28.6. The van der Waals surface area contributed by atoms with Crippen LogP contribution in [0.3, 0.4) is 0 Å². The number of amides is 2. The molecule has 3 rings (SSSR count). The molecule has 0 bridgehead atoms. The molecule has 0 aliphatic heterocycles. The summed E-state index contributed by atoms with van der Waals surface area (Å²) in [5.74, 6) is -3.04. The number of rotatable bonds is 17. The number of benzene rings is 2. The number of hydrogen-bond acceptors (Lipinski definition) is 8. The number of sulfonamides is 1. The molecule has 0 unspecified atom stereocenters. The van der Waals surface area contributed by atoms with Crippen molar-refractivity contribution in [3.8, 4) is 0 Å². The molecule has 0 saturated heterocycles. The van der Waals surface area contributed by atoms with Gasteiger partial charge < -0.3 is 27.2 Å². The lowest BCUT2D eigenvalue weighted by atomic mass is 10.0. The van der Waals surface area contributed by atoms with Gasteiger partial charge in [-0.25, -0.2) is 13.1 Å². The Hall–Kier alpha value is -4.82. The highest BCUT2D eigenvalue weighted by Crippen LogP contribution is 2.13. The van der Waals surface area contributed by atoms with Gasteiger partial charge in [-0.05, 0) is 66.6 Å². The summed E-state index contributed by atoms with van der Waals surface area (Å²) >= 11 is 0. The number of pyridine rings is 1. The zero-order valence-electron chi connectivity index (χ0n) is 24.0. The highest BCUT2D eigenvalue weighted by Gasteiger charge is 2.29. The van der Waals surface area contributed by atoms with Crippen LogP contribution < -0.4 is 26.8 Å². The summed E-state index contributed by atoms with van der Waals surface area (Å²) in [6.07, 6.45) is 3.77. The maximum atomic E-state index is 13.5. The van der Waals surface area contributed by atoms with Crippen molar-refractivity contribution in [2.75, 3.05) is 5.73 Å². The summed E-state index contributed by atoms with van der Waals surface area (Å²) in [6, 6.07) is 14.1. The van der Waals surface area contributed by atoms with Crippen molar-refractivity contribution in [3.63, 3.8) is 0 Å². The lowest BCUT2D eigenvalue weighted by Crippen LogP contribution is -2.53. The molecule has 3 aromatic rings. The molecule has 9 N–H and O–H groups in total. The van der Waals surface area contributed by atoms with Crippen LogP contribution in [0.1, 0.15) is 47.9 Å². The van der Waals surface area contributed by atoms with Gasteiger partial charge in [-0.1, -0.05) is 36.4 Å². The third-order valence-electron chi connectivity index (χ3n) is 6.69. The maximum absolute atomic E-state index is 13.5. The number of aliphatic carboxylic acids is 1. The third-order valence-corrected chi connectivity index (χ3v) is 8.05. The van der Waals surface area contributed by atoms with Crippen LogP contribution in [0.4, 0.5) is 5.69 Å². The second kappa shape index (κ2) is 16.1. The zero-order chi connectivity index (χ0) is 32.1. The first kappa shape index (κ1) is 33.7. The van der Waals surface area contributed by atoms with Crippen LogP contribution >= 0.6 is 0 Å². The van der Waals surface area contributed by atoms with Gasteiger partial charge in [-0.2, -0.15) is 0 Å². The molecule has 0 aliphatic carbocycles. The molecule has 0 spiro atoms. The van der Waals surface area contributed by atoms with Gasteiger partial charge >= 0.3 is 5.97 Å². The van der Waals surface area contributed by atoms with Crippen molar-refractivity contribution in [3.05, 3.63) is 95.3 Å². The monoisotopic (exact) mass is 623 g/mol. The molecule has 14 heteroatoms. The van der Waals surface area contributed by atoms with Gasteiger partial charge in [0.05, 0.1) is 5.75 Å². The van der Waals surface area contributed by atoms with E-state index in [1.807, 2.05) is 12.1 Å². The highest BCUT2D eigenvalue weighted by atomic mass is 32.2. The van der Waals surface area contributed by atoms with E-state index in [4.69, 9.17) is 16.9 Å². The molecule has 2 amide bonds. The van der Waals surface area contributed by atoms with E-state index in [0.29, 0.717) is 35.2 Å². The van der Waals surface area contributed by atoms with Gasteiger partial charge in [0, 0.05) is 36.6 Å². The Labute approximate surface area is 256 Å². The molecular weight excluding hydrogens is 586 g/mol. The Morgan fingerprint density at radius 3 is 2.11 bits per heavy atom. The van der Waals surface area contributed by atoms with Gasteiger partial charge in [0.15, 0.2) is 0 Å². The van der Waals surface area contributed by atoms with Crippen molar-refractivity contribution >= 4 is 39.3 Å². The average Bonchev–Trinajstić information content (AvgIpc) is 2.99. The predicted molar refractivity (Wildman–Crippen MR) is 166 cm³/mol.